The SMILES string of the molecule is CC#N.CC1=C(C)NC(=O)C1.CC1=C2C(=O)NC(C)=C2C(=O)C1. The highest BCUT2D eigenvalue weighted by atomic mass is 16.2. The van der Waals surface area contributed by atoms with Crippen LogP contribution < -0.4 is 10.6 Å². The normalized spacial score (nSPS) is 18.7. The molecule has 2 heterocycles. The highest BCUT2D eigenvalue weighted by Gasteiger charge is 2.36. The number of Topliss-reactive ketones (excluding diaryl/α,β-unsaturated/α-hetero) is 1. The highest BCUT2D eigenvalue weighted by molar-refractivity contribution is 6.20. The Balaban J connectivity index is 0.000000209. The highest BCUT2D eigenvalue weighted by Crippen LogP contribution is 2.33. The summed E-state index contributed by atoms with van der Waals surface area (Å²) in [6.45, 7) is 8.91. The Bertz CT molecular complexity index is 651. The Morgan fingerprint density at radius 3 is 1.78 bits per heavy atom. The summed E-state index contributed by atoms with van der Waals surface area (Å²) in [6, 6.07) is 1.75. The van der Waals surface area contributed by atoms with Crippen molar-refractivity contribution in [3.05, 3.63) is 33.7 Å². The summed E-state index contributed by atoms with van der Waals surface area (Å²) in [5.74, 6) is 0.0733. The fourth-order valence-electron chi connectivity index (χ4n) is 2.50. The maximum absolute atomic E-state index is 11.3. The molecular formula is C17H21N3O3. The average molecular weight is 315 g/mol. The Hall–Kier alpha value is -2.68. The molecule has 6 heteroatoms. The maximum atomic E-state index is 11.3. The average Bonchev–Trinajstić information content (AvgIpc) is 3.00. The molecule has 0 saturated carbocycles. The lowest BCUT2D eigenvalue weighted by atomic mass is 10.1. The molecule has 0 aromatic heterocycles. The first-order valence-corrected chi connectivity index (χ1v) is 7.25. The Morgan fingerprint density at radius 1 is 0.870 bits per heavy atom. The molecule has 3 rings (SSSR count). The monoisotopic (exact) mass is 315 g/mol. The molecule has 122 valence electrons. The van der Waals surface area contributed by atoms with Crippen molar-refractivity contribution in [2.24, 2.45) is 0 Å². The first-order chi connectivity index (χ1) is 10.7. The fraction of sp³-hybridized carbons (Fsp3) is 0.412. The van der Waals surface area contributed by atoms with Gasteiger partial charge in [-0.25, -0.2) is 0 Å². The number of hydrogen-bond acceptors (Lipinski definition) is 4. The van der Waals surface area contributed by atoms with Gasteiger partial charge in [0, 0.05) is 36.7 Å². The lowest BCUT2D eigenvalue weighted by molar-refractivity contribution is -0.119. The van der Waals surface area contributed by atoms with Crippen molar-refractivity contribution in [2.45, 2.75) is 47.5 Å². The van der Waals surface area contributed by atoms with Crippen LogP contribution in [0.3, 0.4) is 0 Å². The lowest BCUT2D eigenvalue weighted by Crippen LogP contribution is -2.15. The summed E-state index contributed by atoms with van der Waals surface area (Å²) in [4.78, 5) is 33.1. The third-order valence-electron chi connectivity index (χ3n) is 3.68. The van der Waals surface area contributed by atoms with Gasteiger partial charge in [0.05, 0.1) is 11.6 Å². The van der Waals surface area contributed by atoms with Crippen LogP contribution in [0.5, 0.6) is 0 Å². The predicted molar refractivity (Wildman–Crippen MR) is 85.6 cm³/mol. The molecule has 0 spiro atoms. The Kier molecular flexibility index (Phi) is 6.02. The molecule has 0 unspecified atom stereocenters. The Morgan fingerprint density at radius 2 is 1.43 bits per heavy atom. The van der Waals surface area contributed by atoms with Gasteiger partial charge in [0.15, 0.2) is 5.78 Å². The molecular weight excluding hydrogens is 294 g/mol. The summed E-state index contributed by atoms with van der Waals surface area (Å²) in [5.41, 5.74) is 5.00. The van der Waals surface area contributed by atoms with Crippen LogP contribution in [0.25, 0.3) is 0 Å². The zero-order valence-corrected chi connectivity index (χ0v) is 14.1. The van der Waals surface area contributed by atoms with E-state index in [1.165, 1.54) is 6.92 Å². The van der Waals surface area contributed by atoms with E-state index in [-0.39, 0.29) is 17.6 Å². The van der Waals surface area contributed by atoms with Gasteiger partial charge in [-0.3, -0.25) is 14.4 Å². The predicted octanol–water partition coefficient (Wildman–Crippen LogP) is 2.01. The minimum atomic E-state index is -0.120. The minimum Gasteiger partial charge on any atom is -0.330 e. The smallest absolute Gasteiger partial charge is 0.256 e. The van der Waals surface area contributed by atoms with Crippen molar-refractivity contribution in [2.75, 3.05) is 0 Å². The molecule has 0 aromatic rings. The molecule has 0 atom stereocenters. The van der Waals surface area contributed by atoms with Crippen molar-refractivity contribution >= 4 is 17.6 Å². The molecule has 0 bridgehead atoms. The molecule has 0 saturated heterocycles. The molecule has 3 aliphatic rings. The van der Waals surface area contributed by atoms with Gasteiger partial charge in [0.1, 0.15) is 0 Å². The van der Waals surface area contributed by atoms with Crippen LogP contribution in [-0.2, 0) is 14.4 Å². The first kappa shape index (κ1) is 18.4. The second-order valence-electron chi connectivity index (χ2n) is 5.56. The molecule has 0 fully saturated rings. The van der Waals surface area contributed by atoms with Crippen LogP contribution in [0.1, 0.15) is 47.5 Å². The molecule has 0 radical (unpaired) electrons. The topological polar surface area (TPSA) is 99.1 Å². The van der Waals surface area contributed by atoms with Gasteiger partial charge in [-0.2, -0.15) is 5.26 Å². The van der Waals surface area contributed by atoms with Gasteiger partial charge >= 0.3 is 0 Å². The van der Waals surface area contributed by atoms with Crippen molar-refractivity contribution in [3.8, 4) is 6.07 Å². The maximum Gasteiger partial charge on any atom is 0.256 e. The number of fused-ring (bicyclic) bond motifs is 1. The van der Waals surface area contributed by atoms with E-state index in [1.54, 1.807) is 13.0 Å². The van der Waals surface area contributed by atoms with Gasteiger partial charge in [-0.1, -0.05) is 5.57 Å². The van der Waals surface area contributed by atoms with Crippen LogP contribution in [0.4, 0.5) is 0 Å². The molecule has 1 aliphatic carbocycles. The quantitative estimate of drug-likeness (QED) is 0.714. The minimum absolute atomic E-state index is 0.0679. The third-order valence-corrected chi connectivity index (χ3v) is 3.68. The van der Waals surface area contributed by atoms with Gasteiger partial charge in [0.25, 0.3) is 5.91 Å². The number of rotatable bonds is 0. The summed E-state index contributed by atoms with van der Waals surface area (Å²) in [7, 11) is 0. The lowest BCUT2D eigenvalue weighted by Gasteiger charge is -1.94. The fourth-order valence-corrected chi connectivity index (χ4v) is 2.50. The Labute approximate surface area is 135 Å². The summed E-state index contributed by atoms with van der Waals surface area (Å²) < 4.78 is 0. The second-order valence-corrected chi connectivity index (χ2v) is 5.56. The van der Waals surface area contributed by atoms with E-state index in [4.69, 9.17) is 5.26 Å². The van der Waals surface area contributed by atoms with E-state index in [0.717, 1.165) is 16.8 Å². The summed E-state index contributed by atoms with van der Waals surface area (Å²) in [5, 5.41) is 12.7. The van der Waals surface area contributed by atoms with E-state index >= 15 is 0 Å². The number of hydrogen-bond donors (Lipinski definition) is 2. The molecule has 6 nitrogen and oxygen atoms in total. The van der Waals surface area contributed by atoms with E-state index in [2.05, 4.69) is 10.6 Å². The van der Waals surface area contributed by atoms with Crippen molar-refractivity contribution < 1.29 is 14.4 Å². The van der Waals surface area contributed by atoms with E-state index in [0.29, 0.717) is 29.7 Å². The standard InChI is InChI=1S/C9H9NO2.C6H9NO.C2H3N/c1-4-3-6(11)8-5(2)10-9(12)7(4)8;1-4-3-6(8)7-5(4)2;1-2-3/h3H2,1-2H3,(H,10,12);3H2,1-2H3,(H,7,8);1H3. The van der Waals surface area contributed by atoms with Crippen LogP contribution in [0, 0.1) is 11.3 Å². The van der Waals surface area contributed by atoms with E-state index < -0.39 is 0 Å². The van der Waals surface area contributed by atoms with Gasteiger partial charge in [0.2, 0.25) is 5.91 Å². The number of nitrogens with zero attached hydrogens (tertiary/aromatic N) is 1. The number of amides is 2. The van der Waals surface area contributed by atoms with Crippen LogP contribution >= 0.6 is 0 Å². The van der Waals surface area contributed by atoms with Gasteiger partial charge in [-0.15, -0.1) is 0 Å². The third kappa shape index (κ3) is 4.16. The van der Waals surface area contributed by atoms with E-state index in [1.807, 2.05) is 20.8 Å². The number of ketones is 1. The van der Waals surface area contributed by atoms with Crippen molar-refractivity contribution in [1.82, 2.24) is 10.6 Å². The molecule has 2 aliphatic heterocycles. The summed E-state index contributed by atoms with van der Waals surface area (Å²) >= 11 is 0. The van der Waals surface area contributed by atoms with Crippen molar-refractivity contribution in [1.29, 1.82) is 5.26 Å². The zero-order valence-electron chi connectivity index (χ0n) is 14.1. The van der Waals surface area contributed by atoms with Crippen LogP contribution in [0.2, 0.25) is 0 Å². The molecule has 23 heavy (non-hydrogen) atoms. The van der Waals surface area contributed by atoms with Crippen molar-refractivity contribution in [3.63, 3.8) is 0 Å². The number of carbonyl (C=O) groups is 3. The number of carbonyl (C=O) groups excluding carboxylic acids is 3. The second kappa shape index (κ2) is 7.54. The molecule has 0 aromatic carbocycles. The summed E-state index contributed by atoms with van der Waals surface area (Å²) in [6.07, 6.45) is 1.00. The number of allylic oxidation sites excluding steroid dienone is 3. The zero-order chi connectivity index (χ0) is 17.7. The first-order valence-electron chi connectivity index (χ1n) is 7.25. The van der Waals surface area contributed by atoms with E-state index in [9.17, 15) is 14.4 Å². The number of nitrogens with one attached hydrogen (secondary N) is 2. The molecule has 2 amide bonds. The van der Waals surface area contributed by atoms with Crippen LogP contribution in [0.15, 0.2) is 33.7 Å². The van der Waals surface area contributed by atoms with Gasteiger partial charge < -0.3 is 10.6 Å². The van der Waals surface area contributed by atoms with Crippen LogP contribution in [-0.4, -0.2) is 17.6 Å². The van der Waals surface area contributed by atoms with Gasteiger partial charge in [-0.05, 0) is 33.3 Å². The molecule has 2 N–H and O–H groups in total. The largest absolute Gasteiger partial charge is 0.330 e. The number of nitriles is 1.